The smallest absolute Gasteiger partial charge is 0.313 e. The van der Waals surface area contributed by atoms with Gasteiger partial charge in [0.05, 0.1) is 12.0 Å². The van der Waals surface area contributed by atoms with Crippen molar-refractivity contribution in [2.75, 3.05) is 12.4 Å². The maximum atomic E-state index is 11.8. The van der Waals surface area contributed by atoms with Crippen LogP contribution in [0.3, 0.4) is 0 Å². The lowest BCUT2D eigenvalue weighted by Crippen LogP contribution is -2.34. The summed E-state index contributed by atoms with van der Waals surface area (Å²) < 4.78 is 5.03. The van der Waals surface area contributed by atoms with Crippen molar-refractivity contribution in [2.24, 2.45) is 0 Å². The van der Waals surface area contributed by atoms with Crippen molar-refractivity contribution in [1.82, 2.24) is 5.32 Å². The summed E-state index contributed by atoms with van der Waals surface area (Å²) in [5.74, 6) is -0.956. The lowest BCUT2D eigenvalue weighted by molar-refractivity contribution is -0.384. The molecule has 0 aliphatic heterocycles. The monoisotopic (exact) mass is 329 g/mol. The van der Waals surface area contributed by atoms with Crippen LogP contribution in [0.5, 0.6) is 5.75 Å². The Morgan fingerprint density at radius 2 is 1.67 bits per heavy atom. The average molecular weight is 329 g/mol. The van der Waals surface area contributed by atoms with Crippen molar-refractivity contribution in [3.8, 4) is 5.75 Å². The summed E-state index contributed by atoms with van der Waals surface area (Å²) in [6.45, 7) is 0.191. The predicted molar refractivity (Wildman–Crippen MR) is 86.6 cm³/mol. The minimum Gasteiger partial charge on any atom is -0.497 e. The van der Waals surface area contributed by atoms with Crippen LogP contribution in [0.15, 0.2) is 48.5 Å². The van der Waals surface area contributed by atoms with E-state index in [-0.39, 0.29) is 12.2 Å². The van der Waals surface area contributed by atoms with E-state index < -0.39 is 16.7 Å². The molecule has 124 valence electrons. The highest BCUT2D eigenvalue weighted by molar-refractivity contribution is 6.39. The highest BCUT2D eigenvalue weighted by Gasteiger charge is 2.14. The molecule has 0 radical (unpaired) electrons. The molecule has 2 aromatic rings. The number of carbonyl (C=O) groups is 2. The van der Waals surface area contributed by atoms with E-state index in [9.17, 15) is 19.7 Å². The van der Waals surface area contributed by atoms with Crippen molar-refractivity contribution in [2.45, 2.75) is 6.54 Å². The highest BCUT2D eigenvalue weighted by Crippen LogP contribution is 2.15. The van der Waals surface area contributed by atoms with Gasteiger partial charge >= 0.3 is 11.8 Å². The molecule has 0 fully saturated rings. The summed E-state index contributed by atoms with van der Waals surface area (Å²) in [5, 5.41) is 15.4. The molecule has 2 aromatic carbocycles. The summed E-state index contributed by atoms with van der Waals surface area (Å²) in [4.78, 5) is 33.5. The summed E-state index contributed by atoms with van der Waals surface area (Å²) in [6.07, 6.45) is 0. The van der Waals surface area contributed by atoms with Crippen LogP contribution in [0.1, 0.15) is 5.56 Å². The van der Waals surface area contributed by atoms with Crippen molar-refractivity contribution in [3.05, 3.63) is 64.2 Å². The predicted octanol–water partition coefficient (Wildman–Crippen LogP) is 1.86. The number of carbonyl (C=O) groups excluding carboxylic acids is 2. The number of hydrogen-bond donors (Lipinski definition) is 2. The number of nitrogens with zero attached hydrogens (tertiary/aromatic N) is 1. The van der Waals surface area contributed by atoms with E-state index in [0.29, 0.717) is 11.4 Å². The van der Waals surface area contributed by atoms with E-state index in [1.54, 1.807) is 31.4 Å². The van der Waals surface area contributed by atoms with Gasteiger partial charge in [-0.05, 0) is 29.8 Å². The Morgan fingerprint density at radius 1 is 1.04 bits per heavy atom. The second-order valence-corrected chi connectivity index (χ2v) is 4.79. The maximum absolute atomic E-state index is 11.8. The highest BCUT2D eigenvalue weighted by atomic mass is 16.6. The van der Waals surface area contributed by atoms with Gasteiger partial charge in [0, 0.05) is 24.4 Å². The van der Waals surface area contributed by atoms with Gasteiger partial charge in [-0.15, -0.1) is 0 Å². The number of nitrogens with one attached hydrogen (secondary N) is 2. The zero-order chi connectivity index (χ0) is 17.5. The third kappa shape index (κ3) is 4.54. The molecule has 0 aliphatic rings. The Balaban J connectivity index is 1.87. The topological polar surface area (TPSA) is 111 Å². The number of anilines is 1. The summed E-state index contributed by atoms with van der Waals surface area (Å²) in [7, 11) is 1.55. The van der Waals surface area contributed by atoms with Gasteiger partial charge in [0.25, 0.3) is 5.69 Å². The quantitative estimate of drug-likeness (QED) is 0.494. The molecule has 0 saturated carbocycles. The molecule has 8 nitrogen and oxygen atoms in total. The van der Waals surface area contributed by atoms with Crippen molar-refractivity contribution in [3.63, 3.8) is 0 Å². The Kier molecular flexibility index (Phi) is 5.45. The minimum absolute atomic E-state index is 0.100. The third-order valence-corrected chi connectivity index (χ3v) is 3.15. The number of nitro groups is 1. The molecule has 0 saturated heterocycles. The van der Waals surface area contributed by atoms with E-state index in [0.717, 1.165) is 5.56 Å². The fourth-order valence-corrected chi connectivity index (χ4v) is 1.86. The molecule has 0 spiro atoms. The summed E-state index contributed by atoms with van der Waals surface area (Å²) >= 11 is 0. The van der Waals surface area contributed by atoms with Crippen LogP contribution in [0.25, 0.3) is 0 Å². The van der Waals surface area contributed by atoms with Crippen LogP contribution < -0.4 is 15.4 Å². The molecule has 0 heterocycles. The first kappa shape index (κ1) is 16.9. The van der Waals surface area contributed by atoms with Crippen LogP contribution in [0.2, 0.25) is 0 Å². The molecule has 0 bridgehead atoms. The Labute approximate surface area is 137 Å². The number of ether oxygens (including phenoxy) is 1. The third-order valence-electron chi connectivity index (χ3n) is 3.15. The van der Waals surface area contributed by atoms with E-state index in [1.807, 2.05) is 0 Å². The van der Waals surface area contributed by atoms with E-state index in [4.69, 9.17) is 4.74 Å². The molecule has 0 atom stereocenters. The number of amides is 2. The first-order valence-corrected chi connectivity index (χ1v) is 6.96. The molecular weight excluding hydrogens is 314 g/mol. The second-order valence-electron chi connectivity index (χ2n) is 4.79. The SMILES string of the molecule is COc1ccc(CNC(=O)C(=O)Nc2ccc([N+](=O)[O-])cc2)cc1. The van der Waals surface area contributed by atoms with E-state index >= 15 is 0 Å². The van der Waals surface area contributed by atoms with Crippen molar-refractivity contribution < 1.29 is 19.2 Å². The second kappa shape index (κ2) is 7.73. The fraction of sp³-hybridized carbons (Fsp3) is 0.125. The molecule has 8 heteroatoms. The van der Waals surface area contributed by atoms with E-state index in [2.05, 4.69) is 10.6 Å². The van der Waals surface area contributed by atoms with Gasteiger partial charge in [-0.25, -0.2) is 0 Å². The van der Waals surface area contributed by atoms with Gasteiger partial charge in [0.15, 0.2) is 0 Å². The van der Waals surface area contributed by atoms with Crippen LogP contribution in [0, 0.1) is 10.1 Å². The molecule has 24 heavy (non-hydrogen) atoms. The zero-order valence-electron chi connectivity index (χ0n) is 12.8. The average Bonchev–Trinajstić information content (AvgIpc) is 2.60. The molecule has 0 aliphatic carbocycles. The van der Waals surface area contributed by atoms with Gasteiger partial charge in [0.2, 0.25) is 0 Å². The summed E-state index contributed by atoms with van der Waals surface area (Å²) in [5.41, 5.74) is 1.01. The number of methoxy groups -OCH3 is 1. The number of hydrogen-bond acceptors (Lipinski definition) is 5. The van der Waals surface area contributed by atoms with Gasteiger partial charge in [-0.1, -0.05) is 12.1 Å². The first-order valence-electron chi connectivity index (χ1n) is 6.96. The van der Waals surface area contributed by atoms with Crippen LogP contribution in [-0.2, 0) is 16.1 Å². The number of nitro benzene ring substituents is 1. The van der Waals surface area contributed by atoms with E-state index in [1.165, 1.54) is 24.3 Å². The van der Waals surface area contributed by atoms with Crippen LogP contribution >= 0.6 is 0 Å². The van der Waals surface area contributed by atoms with Gasteiger partial charge in [0.1, 0.15) is 5.75 Å². The molecule has 0 unspecified atom stereocenters. The molecular formula is C16H15N3O5. The molecule has 2 rings (SSSR count). The number of non-ortho nitro benzene ring substituents is 1. The number of rotatable bonds is 5. The summed E-state index contributed by atoms with van der Waals surface area (Å²) in [6, 6.07) is 12.2. The van der Waals surface area contributed by atoms with Gasteiger partial charge in [-0.3, -0.25) is 19.7 Å². The molecule has 0 aromatic heterocycles. The Morgan fingerprint density at radius 3 is 2.21 bits per heavy atom. The number of benzene rings is 2. The Bertz CT molecular complexity index is 741. The lowest BCUT2D eigenvalue weighted by atomic mass is 10.2. The van der Waals surface area contributed by atoms with Crippen molar-refractivity contribution >= 4 is 23.2 Å². The van der Waals surface area contributed by atoms with Gasteiger partial charge in [-0.2, -0.15) is 0 Å². The Hall–Kier alpha value is -3.42. The molecule has 2 amide bonds. The lowest BCUT2D eigenvalue weighted by Gasteiger charge is -2.07. The first-order chi connectivity index (χ1) is 11.5. The minimum atomic E-state index is -0.850. The normalized spacial score (nSPS) is 9.88. The van der Waals surface area contributed by atoms with Crippen molar-refractivity contribution in [1.29, 1.82) is 0 Å². The van der Waals surface area contributed by atoms with Crippen LogP contribution in [-0.4, -0.2) is 23.8 Å². The zero-order valence-corrected chi connectivity index (χ0v) is 12.8. The van der Waals surface area contributed by atoms with Gasteiger partial charge < -0.3 is 15.4 Å². The molecule has 2 N–H and O–H groups in total. The van der Waals surface area contributed by atoms with Crippen LogP contribution in [0.4, 0.5) is 11.4 Å². The maximum Gasteiger partial charge on any atom is 0.313 e. The largest absolute Gasteiger partial charge is 0.497 e. The standard InChI is InChI=1S/C16H15N3O5/c1-24-14-8-2-11(3-9-14)10-17-15(20)16(21)18-12-4-6-13(7-5-12)19(22)23/h2-9H,10H2,1H3,(H,17,20)(H,18,21). The fourth-order valence-electron chi connectivity index (χ4n) is 1.86.